The minimum Gasteiger partial charge on any atom is -0.381 e. The molecule has 4 rings (SSSR count). The van der Waals surface area contributed by atoms with Crippen LogP contribution in [0.3, 0.4) is 0 Å². The first-order chi connectivity index (χ1) is 16.1. The van der Waals surface area contributed by atoms with Gasteiger partial charge in [-0.3, -0.25) is 9.48 Å². The monoisotopic (exact) mass is 445 g/mol. The Balaban J connectivity index is 1.48. The van der Waals surface area contributed by atoms with Crippen molar-refractivity contribution in [3.63, 3.8) is 0 Å². The van der Waals surface area contributed by atoms with Gasteiger partial charge in [-0.05, 0) is 43.9 Å². The molecule has 170 valence electrons. The minimum atomic E-state index is -0.495. The largest absolute Gasteiger partial charge is 0.381 e. The highest BCUT2D eigenvalue weighted by Crippen LogP contribution is 2.25. The zero-order valence-electron chi connectivity index (χ0n) is 18.8. The van der Waals surface area contributed by atoms with E-state index >= 15 is 0 Å². The Morgan fingerprint density at radius 3 is 2.73 bits per heavy atom. The molecular formula is C24H27N7O2. The van der Waals surface area contributed by atoms with Crippen molar-refractivity contribution in [1.82, 2.24) is 25.1 Å². The molecular weight excluding hydrogens is 418 g/mol. The zero-order valence-corrected chi connectivity index (χ0v) is 18.8. The van der Waals surface area contributed by atoms with Crippen molar-refractivity contribution < 1.29 is 9.53 Å². The van der Waals surface area contributed by atoms with Crippen molar-refractivity contribution in [3.8, 4) is 17.3 Å². The highest BCUT2D eigenvalue weighted by Gasteiger charge is 2.17. The lowest BCUT2D eigenvalue weighted by Gasteiger charge is -2.22. The van der Waals surface area contributed by atoms with Crippen molar-refractivity contribution in [1.29, 1.82) is 5.26 Å². The van der Waals surface area contributed by atoms with Gasteiger partial charge in [0.15, 0.2) is 0 Å². The van der Waals surface area contributed by atoms with Crippen LogP contribution in [0, 0.1) is 18.3 Å². The summed E-state index contributed by atoms with van der Waals surface area (Å²) in [6, 6.07) is 9.11. The second-order valence-corrected chi connectivity index (χ2v) is 8.04. The molecule has 2 aromatic heterocycles. The first-order valence-electron chi connectivity index (χ1n) is 11.1. The molecule has 1 atom stereocenters. The molecule has 3 heterocycles. The molecule has 1 saturated heterocycles. The molecule has 0 unspecified atom stereocenters. The molecule has 0 aliphatic carbocycles. The molecule has 1 aliphatic heterocycles. The summed E-state index contributed by atoms with van der Waals surface area (Å²) in [5.74, 6) is 0.210. The maximum Gasteiger partial charge on any atom is 0.252 e. The quantitative estimate of drug-likeness (QED) is 0.568. The molecule has 9 nitrogen and oxygen atoms in total. The van der Waals surface area contributed by atoms with E-state index < -0.39 is 6.04 Å². The van der Waals surface area contributed by atoms with Gasteiger partial charge >= 0.3 is 0 Å². The summed E-state index contributed by atoms with van der Waals surface area (Å²) in [5.41, 5.74) is 3.90. The molecule has 1 fully saturated rings. The second-order valence-electron chi connectivity index (χ2n) is 8.04. The van der Waals surface area contributed by atoms with E-state index in [9.17, 15) is 4.79 Å². The SMILES string of the molecule is CC[C@@H](C#N)NC(=O)c1ccc(-c2nc(Nc3cnn(C4CCOCC4)c3)ncc2C)cc1. The number of rotatable bonds is 7. The number of hydrogen-bond donors (Lipinski definition) is 2. The fraction of sp³-hybridized carbons (Fsp3) is 0.375. The number of ether oxygens (including phenoxy) is 1. The molecule has 1 aliphatic rings. The summed E-state index contributed by atoms with van der Waals surface area (Å²) in [7, 11) is 0. The van der Waals surface area contributed by atoms with E-state index in [4.69, 9.17) is 10.00 Å². The third kappa shape index (κ3) is 5.35. The fourth-order valence-corrected chi connectivity index (χ4v) is 3.72. The summed E-state index contributed by atoms with van der Waals surface area (Å²) in [4.78, 5) is 21.4. The van der Waals surface area contributed by atoms with E-state index in [-0.39, 0.29) is 5.91 Å². The number of carbonyl (C=O) groups excluding carboxylic acids is 1. The molecule has 2 N–H and O–H groups in total. The van der Waals surface area contributed by atoms with Crippen LogP contribution in [0.1, 0.15) is 48.1 Å². The lowest BCUT2D eigenvalue weighted by Crippen LogP contribution is -2.33. The van der Waals surface area contributed by atoms with Crippen molar-refractivity contribution >= 4 is 17.5 Å². The van der Waals surface area contributed by atoms with Gasteiger partial charge in [-0.15, -0.1) is 0 Å². The van der Waals surface area contributed by atoms with Gasteiger partial charge in [0, 0.05) is 36.7 Å². The van der Waals surface area contributed by atoms with Gasteiger partial charge in [-0.25, -0.2) is 9.97 Å². The number of carbonyl (C=O) groups is 1. The fourth-order valence-electron chi connectivity index (χ4n) is 3.72. The van der Waals surface area contributed by atoms with Crippen LogP contribution in [0.5, 0.6) is 0 Å². The number of nitrogens with one attached hydrogen (secondary N) is 2. The van der Waals surface area contributed by atoms with Gasteiger partial charge in [0.2, 0.25) is 5.95 Å². The van der Waals surface area contributed by atoms with E-state index in [1.54, 1.807) is 24.5 Å². The van der Waals surface area contributed by atoms with Gasteiger partial charge in [0.05, 0.1) is 29.7 Å². The van der Waals surface area contributed by atoms with Gasteiger partial charge < -0.3 is 15.4 Å². The van der Waals surface area contributed by atoms with Gasteiger partial charge in [0.25, 0.3) is 5.91 Å². The summed E-state index contributed by atoms with van der Waals surface area (Å²) in [6.07, 6.45) is 7.98. The average Bonchev–Trinajstić information content (AvgIpc) is 3.33. The summed E-state index contributed by atoms with van der Waals surface area (Å²) >= 11 is 0. The van der Waals surface area contributed by atoms with Crippen LogP contribution in [0.15, 0.2) is 42.9 Å². The number of nitriles is 1. The van der Waals surface area contributed by atoms with Crippen LogP contribution < -0.4 is 10.6 Å². The Labute approximate surface area is 192 Å². The van der Waals surface area contributed by atoms with E-state index in [2.05, 4.69) is 31.8 Å². The van der Waals surface area contributed by atoms with E-state index in [1.165, 1.54) is 0 Å². The predicted octanol–water partition coefficient (Wildman–Crippen LogP) is 3.78. The molecule has 9 heteroatoms. The molecule has 3 aromatic rings. The van der Waals surface area contributed by atoms with Crippen LogP contribution in [0.4, 0.5) is 11.6 Å². The first-order valence-corrected chi connectivity index (χ1v) is 11.1. The Kier molecular flexibility index (Phi) is 6.95. The Bertz CT molecular complexity index is 1140. The van der Waals surface area contributed by atoms with Crippen LogP contribution in [-0.2, 0) is 4.74 Å². The Morgan fingerprint density at radius 2 is 2.03 bits per heavy atom. The predicted molar refractivity (Wildman–Crippen MR) is 124 cm³/mol. The number of anilines is 2. The normalized spacial score (nSPS) is 14.9. The third-order valence-corrected chi connectivity index (χ3v) is 5.68. The maximum atomic E-state index is 12.3. The Morgan fingerprint density at radius 1 is 1.27 bits per heavy atom. The van der Waals surface area contributed by atoms with Crippen LogP contribution in [0.2, 0.25) is 0 Å². The average molecular weight is 446 g/mol. The molecule has 33 heavy (non-hydrogen) atoms. The van der Waals surface area contributed by atoms with Crippen molar-refractivity contribution in [2.24, 2.45) is 0 Å². The Hall–Kier alpha value is -3.77. The van der Waals surface area contributed by atoms with Crippen LogP contribution >= 0.6 is 0 Å². The van der Waals surface area contributed by atoms with Gasteiger partial charge in [0.1, 0.15) is 6.04 Å². The molecule has 0 bridgehead atoms. The number of aryl methyl sites for hydroxylation is 1. The topological polar surface area (TPSA) is 118 Å². The standard InChI is InChI=1S/C24H27N7O2/c1-3-19(12-25)28-23(32)18-6-4-17(5-7-18)22-16(2)13-26-24(30-22)29-20-14-27-31(15-20)21-8-10-33-11-9-21/h4-7,13-15,19,21H,3,8-11H2,1-2H3,(H,28,32)(H,26,29,30)/t19-/m0/s1. The summed E-state index contributed by atoms with van der Waals surface area (Å²) < 4.78 is 7.40. The molecule has 0 saturated carbocycles. The zero-order chi connectivity index (χ0) is 23.2. The number of nitrogens with zero attached hydrogens (tertiary/aromatic N) is 5. The molecule has 1 amide bonds. The minimum absolute atomic E-state index is 0.266. The van der Waals surface area contributed by atoms with Crippen LogP contribution in [-0.4, -0.2) is 44.9 Å². The summed E-state index contributed by atoms with van der Waals surface area (Å²) in [6.45, 7) is 5.32. The van der Waals surface area contributed by atoms with Crippen molar-refractivity contribution in [3.05, 3.63) is 54.0 Å². The molecule has 0 radical (unpaired) electrons. The number of amides is 1. The van der Waals surface area contributed by atoms with Gasteiger partial charge in [-0.1, -0.05) is 19.1 Å². The van der Waals surface area contributed by atoms with E-state index in [1.807, 2.05) is 36.9 Å². The lowest BCUT2D eigenvalue weighted by molar-refractivity contribution is 0.0662. The third-order valence-electron chi connectivity index (χ3n) is 5.68. The van der Waals surface area contributed by atoms with E-state index in [0.717, 1.165) is 48.6 Å². The smallest absolute Gasteiger partial charge is 0.252 e. The lowest BCUT2D eigenvalue weighted by atomic mass is 10.1. The van der Waals surface area contributed by atoms with Crippen molar-refractivity contribution in [2.75, 3.05) is 18.5 Å². The number of benzene rings is 1. The highest BCUT2D eigenvalue weighted by molar-refractivity contribution is 5.95. The molecule has 0 spiro atoms. The first kappa shape index (κ1) is 22.4. The van der Waals surface area contributed by atoms with Crippen LogP contribution in [0.25, 0.3) is 11.3 Å². The maximum absolute atomic E-state index is 12.3. The van der Waals surface area contributed by atoms with Crippen molar-refractivity contribution in [2.45, 2.75) is 45.2 Å². The highest BCUT2D eigenvalue weighted by atomic mass is 16.5. The van der Waals surface area contributed by atoms with Gasteiger partial charge in [-0.2, -0.15) is 10.4 Å². The second kappa shape index (κ2) is 10.2. The molecule has 1 aromatic carbocycles. The number of hydrogen-bond acceptors (Lipinski definition) is 7. The van der Waals surface area contributed by atoms with E-state index in [0.29, 0.717) is 24.0 Å². The number of aromatic nitrogens is 4. The summed E-state index contributed by atoms with van der Waals surface area (Å²) in [5, 5.41) is 19.5.